The highest BCUT2D eigenvalue weighted by Crippen LogP contribution is 2.39. The molecule has 0 radical (unpaired) electrons. The van der Waals surface area contributed by atoms with Gasteiger partial charge in [-0.25, -0.2) is 9.59 Å². The number of nitrogens with zero attached hydrogens (tertiary/aromatic N) is 1. The summed E-state index contributed by atoms with van der Waals surface area (Å²) in [7, 11) is 2.48. The molecular weight excluding hydrogens is 354 g/mol. The third-order valence-corrected chi connectivity index (χ3v) is 4.46. The molecular formula is C19H29NO7. The highest BCUT2D eigenvalue weighted by atomic mass is 16.6. The van der Waals surface area contributed by atoms with E-state index < -0.39 is 35.6 Å². The largest absolute Gasteiger partial charge is 0.469 e. The summed E-state index contributed by atoms with van der Waals surface area (Å²) in [5.74, 6) is -2.08. The summed E-state index contributed by atoms with van der Waals surface area (Å²) in [5.41, 5.74) is -0.0571. The van der Waals surface area contributed by atoms with Crippen molar-refractivity contribution in [3.05, 3.63) is 12.2 Å². The molecule has 8 nitrogen and oxygen atoms in total. The summed E-state index contributed by atoms with van der Waals surface area (Å²) in [4.78, 5) is 49.0. The molecule has 0 spiro atoms. The highest BCUT2D eigenvalue weighted by Gasteiger charge is 2.50. The van der Waals surface area contributed by atoms with Crippen LogP contribution in [0.4, 0.5) is 4.79 Å². The number of carbonyl (C=O) groups excluding carboxylic acids is 4. The number of rotatable bonds is 7. The van der Waals surface area contributed by atoms with E-state index in [-0.39, 0.29) is 25.3 Å². The van der Waals surface area contributed by atoms with Gasteiger partial charge in [-0.1, -0.05) is 12.2 Å². The summed E-state index contributed by atoms with van der Waals surface area (Å²) < 4.78 is 15.0. The number of methoxy groups -OCH3 is 2. The maximum absolute atomic E-state index is 12.7. The zero-order chi connectivity index (χ0) is 20.8. The van der Waals surface area contributed by atoms with Gasteiger partial charge >= 0.3 is 18.0 Å². The maximum atomic E-state index is 12.7. The summed E-state index contributed by atoms with van der Waals surface area (Å²) in [6, 6.07) is -0.998. The van der Waals surface area contributed by atoms with Gasteiger partial charge in [-0.05, 0) is 27.2 Å². The molecule has 1 heterocycles. The van der Waals surface area contributed by atoms with Gasteiger partial charge in [0.1, 0.15) is 17.9 Å². The number of hydrogen-bond donors (Lipinski definition) is 0. The van der Waals surface area contributed by atoms with E-state index in [1.54, 1.807) is 20.8 Å². The summed E-state index contributed by atoms with van der Waals surface area (Å²) in [6.45, 7) is 9.32. The minimum Gasteiger partial charge on any atom is -0.469 e. The van der Waals surface area contributed by atoms with E-state index in [1.807, 2.05) is 0 Å². The highest BCUT2D eigenvalue weighted by molar-refractivity contribution is 5.84. The van der Waals surface area contributed by atoms with Crippen LogP contribution in [0, 0.1) is 11.8 Å². The van der Waals surface area contributed by atoms with Crippen molar-refractivity contribution in [3.8, 4) is 0 Å². The lowest BCUT2D eigenvalue weighted by Gasteiger charge is -2.28. The minimum atomic E-state index is -0.998. The lowest BCUT2D eigenvalue weighted by atomic mass is 9.82. The molecule has 1 amide bonds. The zero-order valence-corrected chi connectivity index (χ0v) is 16.6. The van der Waals surface area contributed by atoms with Gasteiger partial charge in [-0.3, -0.25) is 9.69 Å². The van der Waals surface area contributed by atoms with Crippen molar-refractivity contribution < 1.29 is 33.4 Å². The molecule has 3 atom stereocenters. The molecule has 1 saturated heterocycles. The van der Waals surface area contributed by atoms with E-state index in [1.165, 1.54) is 19.1 Å². The number of carbonyl (C=O) groups is 4. The second-order valence-electron chi connectivity index (χ2n) is 7.51. The fraction of sp³-hybridized carbons (Fsp3) is 0.684. The third kappa shape index (κ3) is 6.08. The van der Waals surface area contributed by atoms with Gasteiger partial charge in [-0.15, -0.1) is 0 Å². The number of aldehydes is 1. The lowest BCUT2D eigenvalue weighted by Crippen LogP contribution is -2.46. The van der Waals surface area contributed by atoms with Crippen LogP contribution < -0.4 is 0 Å². The SMILES string of the molecule is C=C(CCC=O)[C@H]1CN(C(=O)OC(C)(C)C)[C@H](C(=O)OC)[C@H]1CC(=O)OC. The topological polar surface area (TPSA) is 99.2 Å². The molecule has 0 aromatic rings. The number of ether oxygens (including phenoxy) is 3. The average molecular weight is 383 g/mol. The molecule has 0 aliphatic carbocycles. The van der Waals surface area contributed by atoms with Crippen molar-refractivity contribution in [3.63, 3.8) is 0 Å². The van der Waals surface area contributed by atoms with Gasteiger partial charge < -0.3 is 19.0 Å². The molecule has 0 aromatic carbocycles. The molecule has 1 rings (SSSR count). The molecule has 0 N–H and O–H groups in total. The summed E-state index contributed by atoms with van der Waals surface area (Å²) in [5, 5.41) is 0. The van der Waals surface area contributed by atoms with E-state index in [4.69, 9.17) is 14.2 Å². The zero-order valence-electron chi connectivity index (χ0n) is 16.6. The molecule has 1 aliphatic heterocycles. The van der Waals surface area contributed by atoms with Crippen LogP contribution >= 0.6 is 0 Å². The van der Waals surface area contributed by atoms with Crippen LogP contribution in [0.1, 0.15) is 40.0 Å². The van der Waals surface area contributed by atoms with Gasteiger partial charge in [-0.2, -0.15) is 0 Å². The Kier molecular flexibility index (Phi) is 7.99. The molecule has 1 fully saturated rings. The van der Waals surface area contributed by atoms with Crippen molar-refractivity contribution >= 4 is 24.3 Å². The van der Waals surface area contributed by atoms with Crippen LogP contribution in [0.3, 0.4) is 0 Å². The second kappa shape index (κ2) is 9.53. The van der Waals surface area contributed by atoms with Crippen molar-refractivity contribution in [1.29, 1.82) is 0 Å². The van der Waals surface area contributed by atoms with Gasteiger partial charge in [0.05, 0.1) is 20.6 Å². The van der Waals surface area contributed by atoms with E-state index >= 15 is 0 Å². The second-order valence-corrected chi connectivity index (χ2v) is 7.51. The first-order valence-electron chi connectivity index (χ1n) is 8.81. The van der Waals surface area contributed by atoms with E-state index in [0.717, 1.165) is 6.29 Å². The first-order valence-corrected chi connectivity index (χ1v) is 8.81. The molecule has 0 bridgehead atoms. The van der Waals surface area contributed by atoms with E-state index in [9.17, 15) is 19.2 Å². The lowest BCUT2D eigenvalue weighted by molar-refractivity contribution is -0.149. The predicted octanol–water partition coefficient (Wildman–Crippen LogP) is 2.11. The fourth-order valence-corrected chi connectivity index (χ4v) is 3.23. The van der Waals surface area contributed by atoms with Gasteiger partial charge in [0.2, 0.25) is 0 Å². The molecule has 152 valence electrons. The van der Waals surface area contributed by atoms with Crippen LogP contribution in [0.5, 0.6) is 0 Å². The van der Waals surface area contributed by atoms with Crippen molar-refractivity contribution in [1.82, 2.24) is 4.90 Å². The van der Waals surface area contributed by atoms with Crippen molar-refractivity contribution in [2.24, 2.45) is 11.8 Å². The molecule has 27 heavy (non-hydrogen) atoms. The minimum absolute atomic E-state index is 0.0830. The van der Waals surface area contributed by atoms with Crippen LogP contribution in [0.2, 0.25) is 0 Å². The molecule has 0 aromatic heterocycles. The van der Waals surface area contributed by atoms with E-state index in [2.05, 4.69) is 6.58 Å². The number of hydrogen-bond acceptors (Lipinski definition) is 7. The Morgan fingerprint density at radius 1 is 1.19 bits per heavy atom. The average Bonchev–Trinajstić information content (AvgIpc) is 2.96. The van der Waals surface area contributed by atoms with Gasteiger partial charge in [0, 0.05) is 24.8 Å². The van der Waals surface area contributed by atoms with Crippen molar-refractivity contribution in [2.45, 2.75) is 51.7 Å². The quantitative estimate of drug-likeness (QED) is 0.287. The predicted molar refractivity (Wildman–Crippen MR) is 96.8 cm³/mol. The van der Waals surface area contributed by atoms with Crippen LogP contribution in [-0.4, -0.2) is 61.6 Å². The van der Waals surface area contributed by atoms with Gasteiger partial charge in [0.15, 0.2) is 0 Å². The number of esters is 2. The first kappa shape index (κ1) is 22.7. The Bertz CT molecular complexity index is 593. The van der Waals surface area contributed by atoms with Crippen LogP contribution in [0.15, 0.2) is 12.2 Å². The first-order chi connectivity index (χ1) is 12.6. The van der Waals surface area contributed by atoms with Crippen LogP contribution in [0.25, 0.3) is 0 Å². The number of likely N-dealkylation sites (tertiary alicyclic amines) is 1. The third-order valence-electron chi connectivity index (χ3n) is 4.46. The van der Waals surface area contributed by atoms with E-state index in [0.29, 0.717) is 12.0 Å². The Labute approximate surface area is 159 Å². The Morgan fingerprint density at radius 3 is 2.30 bits per heavy atom. The number of amides is 1. The Balaban J connectivity index is 3.23. The summed E-state index contributed by atoms with van der Waals surface area (Å²) in [6.07, 6.45) is 0.704. The van der Waals surface area contributed by atoms with Crippen molar-refractivity contribution in [2.75, 3.05) is 20.8 Å². The normalized spacial score (nSPS) is 22.1. The Hall–Kier alpha value is -2.38. The fourth-order valence-electron chi connectivity index (χ4n) is 3.23. The summed E-state index contributed by atoms with van der Waals surface area (Å²) >= 11 is 0. The monoisotopic (exact) mass is 383 g/mol. The molecule has 0 saturated carbocycles. The standard InChI is InChI=1S/C19H29NO7/c1-12(8-7-9-21)14-11-20(18(24)27-19(2,3)4)16(17(23)26-6)13(14)10-15(22)25-5/h9,13-14,16H,1,7-8,10-11H2,2-6H3/t13-,14+,16-/m0/s1. The van der Waals surface area contributed by atoms with Gasteiger partial charge in [0.25, 0.3) is 0 Å². The molecule has 0 unspecified atom stereocenters. The molecule has 8 heteroatoms. The van der Waals surface area contributed by atoms with Crippen LogP contribution in [-0.2, 0) is 28.6 Å². The maximum Gasteiger partial charge on any atom is 0.411 e. The Morgan fingerprint density at radius 2 is 1.81 bits per heavy atom. The smallest absolute Gasteiger partial charge is 0.411 e. The molecule has 1 aliphatic rings.